The van der Waals surface area contributed by atoms with E-state index in [4.69, 9.17) is 37.0 Å². The number of rotatable bonds is 78. The normalized spacial score (nSPS) is 14.2. The summed E-state index contributed by atoms with van der Waals surface area (Å²) < 4.78 is 68.4. The van der Waals surface area contributed by atoms with E-state index in [1.54, 1.807) is 0 Å². The SMILES string of the molecule is CCCCCCCCCCCCCCCCCCCCCC(=O)OC[C@H](COP(=O)(O)OC[C@@H](O)COP(=O)(O)OC[C@@H](COC(=O)CCCCCCC)OC(=O)CCCCCCCCCCCC(C)C)OC(=O)CCCCCCCCCCCCCCCCCCCCC(C)CC. The molecule has 0 aliphatic carbocycles. The molecule has 3 N–H and O–H groups in total. The van der Waals surface area contributed by atoms with E-state index in [1.807, 2.05) is 0 Å². The molecule has 0 saturated carbocycles. The molecule has 582 valence electrons. The first-order valence-corrected chi connectivity index (χ1v) is 44.0. The molecule has 0 fully saturated rings. The molecule has 0 saturated heterocycles. The fourth-order valence-electron chi connectivity index (χ4n) is 12.2. The van der Waals surface area contributed by atoms with Crippen molar-refractivity contribution in [2.45, 2.75) is 432 Å². The van der Waals surface area contributed by atoms with Crippen LogP contribution in [-0.2, 0) is 65.4 Å². The molecule has 0 aliphatic heterocycles. The highest BCUT2D eigenvalue weighted by Crippen LogP contribution is 2.45. The molecule has 98 heavy (non-hydrogen) atoms. The zero-order valence-electron chi connectivity index (χ0n) is 64.1. The Kier molecular flexibility index (Phi) is 69.3. The number of carbonyl (C=O) groups is 4. The van der Waals surface area contributed by atoms with Crippen molar-refractivity contribution in [1.82, 2.24) is 0 Å². The minimum absolute atomic E-state index is 0.105. The molecule has 0 aromatic carbocycles. The van der Waals surface area contributed by atoms with Gasteiger partial charge >= 0.3 is 39.5 Å². The number of ether oxygens (including phenoxy) is 4. The van der Waals surface area contributed by atoms with E-state index in [-0.39, 0.29) is 25.7 Å². The Morgan fingerprint density at radius 1 is 0.296 bits per heavy atom. The molecule has 0 bridgehead atoms. The standard InChI is InChI=1S/C79H154O17P2/c1-7-10-12-14-15-16-17-18-19-20-21-25-28-31-34-39-44-50-56-62-77(82)90-68-75(96-78(83)63-57-51-45-40-35-32-29-26-23-22-24-27-30-33-38-43-49-54-60-72(6)9-3)70-94-98(87,88)92-66-73(80)65-91-97(85,86)93-69-74(67-89-76(81)61-55-47-13-11-8-2)95-79(84)64-58-52-46-41-36-37-42-48-53-59-71(4)5/h71-75,80H,7-70H2,1-6H3,(H,85,86)(H,87,88)/t72?,73-,74+,75+/m0/s1. The van der Waals surface area contributed by atoms with E-state index in [9.17, 15) is 43.2 Å². The largest absolute Gasteiger partial charge is 0.472 e. The molecule has 17 nitrogen and oxygen atoms in total. The summed E-state index contributed by atoms with van der Waals surface area (Å²) in [6.07, 6.45) is 60.3. The van der Waals surface area contributed by atoms with Gasteiger partial charge in [0.05, 0.1) is 26.4 Å². The van der Waals surface area contributed by atoms with Crippen molar-refractivity contribution < 1.29 is 80.2 Å². The second-order valence-electron chi connectivity index (χ2n) is 29.2. The third kappa shape index (κ3) is 71.1. The molecular formula is C79H154O17P2. The van der Waals surface area contributed by atoms with Crippen LogP contribution in [0.15, 0.2) is 0 Å². The molecule has 6 atom stereocenters. The molecule has 0 spiro atoms. The third-order valence-corrected chi connectivity index (χ3v) is 20.7. The maximum absolute atomic E-state index is 13.1. The average molecular weight is 1440 g/mol. The summed E-state index contributed by atoms with van der Waals surface area (Å²) in [7, 11) is -9.90. The van der Waals surface area contributed by atoms with Gasteiger partial charge in [-0.2, -0.15) is 0 Å². The number of aliphatic hydroxyl groups is 1. The van der Waals surface area contributed by atoms with Crippen LogP contribution >= 0.6 is 15.6 Å². The van der Waals surface area contributed by atoms with E-state index >= 15 is 0 Å². The summed E-state index contributed by atoms with van der Waals surface area (Å²) in [5.74, 6) is -0.517. The van der Waals surface area contributed by atoms with Crippen LogP contribution in [0.4, 0.5) is 0 Å². The minimum atomic E-state index is -4.96. The Morgan fingerprint density at radius 2 is 0.520 bits per heavy atom. The highest BCUT2D eigenvalue weighted by atomic mass is 31.2. The number of aliphatic hydroxyl groups excluding tert-OH is 1. The van der Waals surface area contributed by atoms with Crippen LogP contribution < -0.4 is 0 Å². The monoisotopic (exact) mass is 1440 g/mol. The van der Waals surface area contributed by atoms with Crippen molar-refractivity contribution >= 4 is 39.5 Å². The zero-order valence-corrected chi connectivity index (χ0v) is 65.9. The van der Waals surface area contributed by atoms with E-state index in [2.05, 4.69) is 41.5 Å². The van der Waals surface area contributed by atoms with Crippen LogP contribution in [0, 0.1) is 11.8 Å². The summed E-state index contributed by atoms with van der Waals surface area (Å²) >= 11 is 0. The first kappa shape index (κ1) is 96.1. The predicted molar refractivity (Wildman–Crippen MR) is 400 cm³/mol. The van der Waals surface area contributed by atoms with Gasteiger partial charge in [0.15, 0.2) is 12.2 Å². The molecule has 0 aliphatic rings. The van der Waals surface area contributed by atoms with Crippen LogP contribution in [-0.4, -0.2) is 96.7 Å². The Bertz CT molecular complexity index is 1890. The Balaban J connectivity index is 5.11. The summed E-state index contributed by atoms with van der Waals surface area (Å²) in [6.45, 7) is 9.56. The van der Waals surface area contributed by atoms with Crippen molar-refractivity contribution in [3.05, 3.63) is 0 Å². The quantitative estimate of drug-likeness (QED) is 0.0222. The average Bonchev–Trinajstić information content (AvgIpc) is 1.19. The van der Waals surface area contributed by atoms with Crippen LogP contribution in [0.3, 0.4) is 0 Å². The van der Waals surface area contributed by atoms with Gasteiger partial charge in [0.1, 0.15) is 19.3 Å². The molecule has 0 rings (SSSR count). The second kappa shape index (κ2) is 70.7. The molecule has 19 heteroatoms. The molecular weight excluding hydrogens is 1280 g/mol. The van der Waals surface area contributed by atoms with Crippen molar-refractivity contribution in [3.8, 4) is 0 Å². The summed E-state index contributed by atoms with van der Waals surface area (Å²) in [4.78, 5) is 72.6. The van der Waals surface area contributed by atoms with Crippen molar-refractivity contribution in [1.29, 1.82) is 0 Å². The Labute approximate surface area is 600 Å². The van der Waals surface area contributed by atoms with Gasteiger partial charge in [-0.05, 0) is 37.5 Å². The fraction of sp³-hybridized carbons (Fsp3) is 0.949. The van der Waals surface area contributed by atoms with Gasteiger partial charge in [-0.15, -0.1) is 0 Å². The van der Waals surface area contributed by atoms with Crippen LogP contribution in [0.5, 0.6) is 0 Å². The predicted octanol–water partition coefficient (Wildman–Crippen LogP) is 23.5. The molecule has 3 unspecified atom stereocenters. The number of phosphoric ester groups is 2. The molecule has 0 radical (unpaired) electrons. The van der Waals surface area contributed by atoms with Gasteiger partial charge in [-0.1, -0.05) is 363 Å². The maximum atomic E-state index is 13.1. The van der Waals surface area contributed by atoms with Gasteiger partial charge < -0.3 is 33.8 Å². The summed E-state index contributed by atoms with van der Waals surface area (Å²) in [5, 5.41) is 10.6. The number of unbranched alkanes of at least 4 members (excludes halogenated alkanes) is 47. The van der Waals surface area contributed by atoms with Gasteiger partial charge in [0.25, 0.3) is 0 Å². The van der Waals surface area contributed by atoms with Crippen molar-refractivity contribution in [2.75, 3.05) is 39.6 Å². The van der Waals surface area contributed by atoms with Crippen LogP contribution in [0.25, 0.3) is 0 Å². The van der Waals surface area contributed by atoms with E-state index in [0.29, 0.717) is 25.7 Å². The van der Waals surface area contributed by atoms with Gasteiger partial charge in [0, 0.05) is 25.7 Å². The van der Waals surface area contributed by atoms with E-state index < -0.39 is 97.5 Å². The van der Waals surface area contributed by atoms with Crippen LogP contribution in [0.1, 0.15) is 414 Å². The van der Waals surface area contributed by atoms with Crippen molar-refractivity contribution in [3.63, 3.8) is 0 Å². The Morgan fingerprint density at radius 3 is 0.776 bits per heavy atom. The topological polar surface area (TPSA) is 237 Å². The lowest BCUT2D eigenvalue weighted by atomic mass is 9.99. The third-order valence-electron chi connectivity index (χ3n) is 18.8. The van der Waals surface area contributed by atoms with Gasteiger partial charge in [0.2, 0.25) is 0 Å². The summed E-state index contributed by atoms with van der Waals surface area (Å²) in [5.41, 5.74) is 0. The number of carbonyl (C=O) groups excluding carboxylic acids is 4. The summed E-state index contributed by atoms with van der Waals surface area (Å²) in [6, 6.07) is 0. The highest BCUT2D eigenvalue weighted by molar-refractivity contribution is 7.47. The molecule has 0 amide bonds. The van der Waals surface area contributed by atoms with Gasteiger partial charge in [-0.25, -0.2) is 9.13 Å². The zero-order chi connectivity index (χ0) is 72.1. The minimum Gasteiger partial charge on any atom is -0.462 e. The lowest BCUT2D eigenvalue weighted by Gasteiger charge is -2.21. The molecule has 0 aromatic rings. The first-order chi connectivity index (χ1) is 47.4. The molecule has 0 aromatic heterocycles. The smallest absolute Gasteiger partial charge is 0.462 e. The fourth-order valence-corrected chi connectivity index (χ4v) is 13.7. The second-order valence-corrected chi connectivity index (χ2v) is 32.1. The first-order valence-electron chi connectivity index (χ1n) is 41.0. The van der Waals surface area contributed by atoms with E-state index in [0.717, 1.165) is 108 Å². The number of hydrogen-bond donors (Lipinski definition) is 3. The number of esters is 4. The van der Waals surface area contributed by atoms with Crippen LogP contribution in [0.2, 0.25) is 0 Å². The van der Waals surface area contributed by atoms with Gasteiger partial charge in [-0.3, -0.25) is 37.3 Å². The molecule has 0 heterocycles. The number of phosphoric acid groups is 2. The highest BCUT2D eigenvalue weighted by Gasteiger charge is 2.30. The lowest BCUT2D eigenvalue weighted by Crippen LogP contribution is -2.30. The maximum Gasteiger partial charge on any atom is 0.472 e. The number of hydrogen-bond acceptors (Lipinski definition) is 15. The van der Waals surface area contributed by atoms with Crippen molar-refractivity contribution in [2.24, 2.45) is 11.8 Å². The lowest BCUT2D eigenvalue weighted by molar-refractivity contribution is -0.161. The van der Waals surface area contributed by atoms with E-state index in [1.165, 1.54) is 225 Å². The Hall–Kier alpha value is -1.94.